The van der Waals surface area contributed by atoms with E-state index in [2.05, 4.69) is 10.3 Å². The number of carbonyl (C=O) groups excluding carboxylic acids is 1. The molecule has 2 aromatic heterocycles. The number of fused-ring (bicyclic) bond motifs is 1. The Hall–Kier alpha value is -3.01. The average molecular weight is 529 g/mol. The number of aryl methyl sites for hydroxylation is 1. The molecular weight excluding hydrogens is 498 g/mol. The molecule has 3 aromatic rings. The summed E-state index contributed by atoms with van der Waals surface area (Å²) in [5.41, 5.74) is 0.280. The topological polar surface area (TPSA) is 86.0 Å². The summed E-state index contributed by atoms with van der Waals surface area (Å²) in [6, 6.07) is 6.88. The third-order valence-electron chi connectivity index (χ3n) is 7.46. The van der Waals surface area contributed by atoms with E-state index >= 15 is 0 Å². The van der Waals surface area contributed by atoms with Crippen LogP contribution in [0.4, 0.5) is 8.78 Å². The van der Waals surface area contributed by atoms with E-state index in [1.54, 1.807) is 16.7 Å². The summed E-state index contributed by atoms with van der Waals surface area (Å²) in [5.74, 6) is 0.860. The molecular formula is C27H30F2N4O3S. The first kappa shape index (κ1) is 25.6. The normalized spacial score (nSPS) is 20.7. The van der Waals surface area contributed by atoms with Gasteiger partial charge in [0.1, 0.15) is 17.3 Å². The number of halogens is 2. The Kier molecular flexibility index (Phi) is 7.73. The van der Waals surface area contributed by atoms with E-state index < -0.39 is 11.4 Å². The van der Waals surface area contributed by atoms with Gasteiger partial charge >= 0.3 is 5.69 Å². The number of carbonyl (C=O) groups is 1. The maximum absolute atomic E-state index is 14.1. The van der Waals surface area contributed by atoms with Crippen molar-refractivity contribution < 1.29 is 13.6 Å². The van der Waals surface area contributed by atoms with Crippen molar-refractivity contribution >= 4 is 28.7 Å². The molecule has 2 aliphatic rings. The van der Waals surface area contributed by atoms with Gasteiger partial charge in [-0.05, 0) is 80.2 Å². The number of nitrogens with zero attached hydrogens (tertiary/aromatic N) is 3. The first-order valence-corrected chi connectivity index (χ1v) is 14.0. The van der Waals surface area contributed by atoms with E-state index in [9.17, 15) is 23.2 Å². The zero-order valence-corrected chi connectivity index (χ0v) is 21.3. The highest BCUT2D eigenvalue weighted by Crippen LogP contribution is 2.30. The van der Waals surface area contributed by atoms with Crippen LogP contribution in [-0.2, 0) is 11.2 Å². The second kappa shape index (κ2) is 11.2. The number of aromatic nitrogens is 3. The maximum atomic E-state index is 14.1. The lowest BCUT2D eigenvalue weighted by Gasteiger charge is -2.31. The summed E-state index contributed by atoms with van der Waals surface area (Å²) in [7, 11) is 0. The fourth-order valence-corrected chi connectivity index (χ4v) is 6.57. The van der Waals surface area contributed by atoms with E-state index in [-0.39, 0.29) is 46.6 Å². The standard InChI is InChI=1S/C27H30F2N4O3S/c28-18-4-1-17(2-5-18)3-10-24(34)31-20-6-8-21(9-7-20)33-26(35)23-15-19(29)16-30-25(23)32(27(33)36)22-11-13-37-14-12-22/h1-2,4-5,15-16,20-22H,3,6-14H2,(H,31,34)/t20-,21+. The molecule has 196 valence electrons. The van der Waals surface area contributed by atoms with E-state index in [4.69, 9.17) is 0 Å². The Balaban J connectivity index is 1.31. The van der Waals surface area contributed by atoms with Crippen LogP contribution >= 0.6 is 11.8 Å². The largest absolute Gasteiger partial charge is 0.353 e. The molecule has 0 radical (unpaired) electrons. The zero-order valence-electron chi connectivity index (χ0n) is 20.5. The SMILES string of the molecule is O=C(CCc1ccc(F)cc1)N[C@H]1CC[C@@H](n2c(=O)c3cc(F)cnc3n(C3CCSCC3)c2=O)CC1. The molecule has 0 bridgehead atoms. The molecule has 3 heterocycles. The lowest BCUT2D eigenvalue weighted by Crippen LogP contribution is -2.46. The van der Waals surface area contributed by atoms with Gasteiger partial charge in [0.15, 0.2) is 0 Å². The highest BCUT2D eigenvalue weighted by atomic mass is 32.2. The third-order valence-corrected chi connectivity index (χ3v) is 8.51. The van der Waals surface area contributed by atoms with Gasteiger partial charge in [0, 0.05) is 24.5 Å². The number of rotatable bonds is 6. The molecule has 1 aromatic carbocycles. The van der Waals surface area contributed by atoms with Crippen molar-refractivity contribution in [1.29, 1.82) is 0 Å². The molecule has 5 rings (SSSR count). The van der Waals surface area contributed by atoms with Crippen molar-refractivity contribution in [3.8, 4) is 0 Å². The van der Waals surface area contributed by atoms with Crippen molar-refractivity contribution in [2.45, 2.75) is 69.5 Å². The van der Waals surface area contributed by atoms with Gasteiger partial charge < -0.3 is 5.32 Å². The Bertz CT molecular complexity index is 1390. The van der Waals surface area contributed by atoms with Crippen LogP contribution in [0, 0.1) is 11.6 Å². The summed E-state index contributed by atoms with van der Waals surface area (Å²) in [4.78, 5) is 43.7. The van der Waals surface area contributed by atoms with Crippen molar-refractivity contribution in [3.63, 3.8) is 0 Å². The third kappa shape index (κ3) is 5.63. The first-order chi connectivity index (χ1) is 17.9. The van der Waals surface area contributed by atoms with Gasteiger partial charge in [-0.15, -0.1) is 0 Å². The van der Waals surface area contributed by atoms with E-state index in [0.29, 0.717) is 38.5 Å². The Morgan fingerprint density at radius 2 is 1.62 bits per heavy atom. The molecule has 1 saturated carbocycles. The zero-order chi connectivity index (χ0) is 25.9. The van der Waals surface area contributed by atoms with Crippen LogP contribution in [0.3, 0.4) is 0 Å². The fourth-order valence-electron chi connectivity index (χ4n) is 5.49. The van der Waals surface area contributed by atoms with Crippen LogP contribution in [0.1, 0.15) is 62.6 Å². The van der Waals surface area contributed by atoms with Crippen molar-refractivity contribution in [3.05, 3.63) is 74.6 Å². The summed E-state index contributed by atoms with van der Waals surface area (Å²) < 4.78 is 30.1. The minimum atomic E-state index is -0.604. The average Bonchev–Trinajstić information content (AvgIpc) is 2.90. The van der Waals surface area contributed by atoms with Crippen LogP contribution in [0.2, 0.25) is 0 Å². The Labute approximate surface area is 217 Å². The molecule has 2 fully saturated rings. The molecule has 1 aliphatic carbocycles. The van der Waals surface area contributed by atoms with Gasteiger partial charge in [0.25, 0.3) is 5.56 Å². The van der Waals surface area contributed by atoms with Crippen molar-refractivity contribution in [1.82, 2.24) is 19.4 Å². The highest BCUT2D eigenvalue weighted by Gasteiger charge is 2.29. The van der Waals surface area contributed by atoms with Crippen LogP contribution in [-0.4, -0.2) is 37.6 Å². The number of hydrogen-bond donors (Lipinski definition) is 1. The second-order valence-electron chi connectivity index (χ2n) is 9.90. The molecule has 1 aliphatic heterocycles. The minimum absolute atomic E-state index is 0.0372. The van der Waals surface area contributed by atoms with Gasteiger partial charge in [-0.2, -0.15) is 11.8 Å². The van der Waals surface area contributed by atoms with Gasteiger partial charge in [0.2, 0.25) is 5.91 Å². The molecule has 0 spiro atoms. The lowest BCUT2D eigenvalue weighted by atomic mass is 9.90. The number of nitrogens with one attached hydrogen (secondary N) is 1. The second-order valence-corrected chi connectivity index (χ2v) is 11.1. The summed E-state index contributed by atoms with van der Waals surface area (Å²) >= 11 is 1.84. The van der Waals surface area contributed by atoms with Crippen LogP contribution in [0.25, 0.3) is 11.0 Å². The summed E-state index contributed by atoms with van der Waals surface area (Å²) in [6.07, 6.45) is 5.89. The predicted molar refractivity (Wildman–Crippen MR) is 140 cm³/mol. The van der Waals surface area contributed by atoms with Crippen LogP contribution in [0.15, 0.2) is 46.1 Å². The quantitative estimate of drug-likeness (QED) is 0.520. The van der Waals surface area contributed by atoms with Gasteiger partial charge in [-0.25, -0.2) is 18.6 Å². The molecule has 10 heteroatoms. The number of amides is 1. The number of benzene rings is 1. The van der Waals surface area contributed by atoms with Crippen LogP contribution < -0.4 is 16.6 Å². The summed E-state index contributed by atoms with van der Waals surface area (Å²) in [5, 5.41) is 3.19. The van der Waals surface area contributed by atoms with Gasteiger partial charge in [-0.1, -0.05) is 12.1 Å². The lowest BCUT2D eigenvalue weighted by molar-refractivity contribution is -0.122. The molecule has 1 N–H and O–H groups in total. The predicted octanol–water partition coefficient (Wildman–Crippen LogP) is 4.14. The molecule has 1 saturated heterocycles. The van der Waals surface area contributed by atoms with Crippen molar-refractivity contribution in [2.24, 2.45) is 0 Å². The smallest absolute Gasteiger partial charge is 0.333 e. The Morgan fingerprint density at radius 1 is 0.946 bits per heavy atom. The monoisotopic (exact) mass is 528 g/mol. The Morgan fingerprint density at radius 3 is 2.32 bits per heavy atom. The van der Waals surface area contributed by atoms with Gasteiger partial charge in [0.05, 0.1) is 11.6 Å². The molecule has 1 amide bonds. The number of pyridine rings is 1. The fraction of sp³-hybridized carbons (Fsp3) is 0.481. The van der Waals surface area contributed by atoms with Crippen molar-refractivity contribution in [2.75, 3.05) is 11.5 Å². The van der Waals surface area contributed by atoms with Crippen LogP contribution in [0.5, 0.6) is 0 Å². The molecule has 0 unspecified atom stereocenters. The van der Waals surface area contributed by atoms with E-state index in [1.807, 2.05) is 11.8 Å². The minimum Gasteiger partial charge on any atom is -0.353 e. The maximum Gasteiger partial charge on any atom is 0.333 e. The molecule has 37 heavy (non-hydrogen) atoms. The molecule has 0 atom stereocenters. The van der Waals surface area contributed by atoms with E-state index in [0.717, 1.165) is 36.1 Å². The summed E-state index contributed by atoms with van der Waals surface area (Å²) in [6.45, 7) is 0. The van der Waals surface area contributed by atoms with E-state index in [1.165, 1.54) is 22.8 Å². The van der Waals surface area contributed by atoms with Gasteiger partial charge in [-0.3, -0.25) is 18.7 Å². The first-order valence-electron chi connectivity index (χ1n) is 12.8. The molecule has 7 nitrogen and oxygen atoms in total. The highest BCUT2D eigenvalue weighted by molar-refractivity contribution is 7.99. The number of thioether (sulfide) groups is 1. The number of hydrogen-bond acceptors (Lipinski definition) is 5.